The molecule has 1 heterocycles. The van der Waals surface area contributed by atoms with Crippen LogP contribution in [0.5, 0.6) is 5.75 Å². The Labute approximate surface area is 175 Å². The third kappa shape index (κ3) is 4.25. The lowest BCUT2D eigenvalue weighted by atomic mass is 10.1. The van der Waals surface area contributed by atoms with Crippen LogP contribution in [0.2, 0.25) is 0 Å². The van der Waals surface area contributed by atoms with Gasteiger partial charge in [-0.2, -0.15) is 5.10 Å². The highest BCUT2D eigenvalue weighted by Gasteiger charge is 2.16. The molecule has 4 aromatic rings. The Bertz CT molecular complexity index is 1120. The summed E-state index contributed by atoms with van der Waals surface area (Å²) >= 11 is 0. The van der Waals surface area contributed by atoms with Crippen LogP contribution < -0.4 is 10.1 Å². The minimum absolute atomic E-state index is 0.175. The molecule has 1 aromatic heterocycles. The smallest absolute Gasteiger partial charge is 0.255 e. The van der Waals surface area contributed by atoms with Crippen LogP contribution in [0.3, 0.4) is 0 Å². The summed E-state index contributed by atoms with van der Waals surface area (Å²) in [5, 5.41) is 7.81. The highest BCUT2D eigenvalue weighted by Crippen LogP contribution is 2.24. The van der Waals surface area contributed by atoms with Gasteiger partial charge in [-0.05, 0) is 31.2 Å². The average Bonchev–Trinajstić information content (AvgIpc) is 3.24. The van der Waals surface area contributed by atoms with E-state index < -0.39 is 0 Å². The largest absolute Gasteiger partial charge is 0.493 e. The van der Waals surface area contributed by atoms with Crippen molar-refractivity contribution < 1.29 is 9.53 Å². The fourth-order valence-electron chi connectivity index (χ4n) is 3.30. The summed E-state index contributed by atoms with van der Waals surface area (Å²) in [4.78, 5) is 12.8. The predicted molar refractivity (Wildman–Crippen MR) is 118 cm³/mol. The van der Waals surface area contributed by atoms with Gasteiger partial charge in [0.1, 0.15) is 5.75 Å². The van der Waals surface area contributed by atoms with E-state index in [0.29, 0.717) is 24.5 Å². The van der Waals surface area contributed by atoms with Gasteiger partial charge in [0, 0.05) is 23.9 Å². The van der Waals surface area contributed by atoms with E-state index in [1.807, 2.05) is 90.6 Å². The molecule has 0 fully saturated rings. The van der Waals surface area contributed by atoms with Crippen LogP contribution in [0.25, 0.3) is 16.9 Å². The molecular formula is C25H23N3O2. The van der Waals surface area contributed by atoms with Gasteiger partial charge in [-0.25, -0.2) is 4.68 Å². The molecule has 0 bridgehead atoms. The molecule has 0 saturated heterocycles. The number of hydrogen-bond acceptors (Lipinski definition) is 3. The van der Waals surface area contributed by atoms with Gasteiger partial charge in [-0.1, -0.05) is 60.7 Å². The van der Waals surface area contributed by atoms with E-state index in [4.69, 9.17) is 9.84 Å². The van der Waals surface area contributed by atoms with Crippen LogP contribution in [0.4, 0.5) is 0 Å². The van der Waals surface area contributed by atoms with E-state index in [0.717, 1.165) is 22.5 Å². The maximum Gasteiger partial charge on any atom is 0.255 e. The molecule has 0 aliphatic rings. The van der Waals surface area contributed by atoms with Crippen LogP contribution in [0.15, 0.2) is 91.1 Å². The van der Waals surface area contributed by atoms with Gasteiger partial charge in [0.15, 0.2) is 0 Å². The highest BCUT2D eigenvalue weighted by atomic mass is 16.5. The summed E-state index contributed by atoms with van der Waals surface area (Å²) in [6.07, 6.45) is 1.96. The Morgan fingerprint density at radius 3 is 2.33 bits per heavy atom. The van der Waals surface area contributed by atoms with Crippen LogP contribution in [-0.4, -0.2) is 22.3 Å². The van der Waals surface area contributed by atoms with Crippen LogP contribution in [0, 0.1) is 0 Å². The number of nitrogens with zero attached hydrogens (tertiary/aromatic N) is 2. The van der Waals surface area contributed by atoms with Crippen molar-refractivity contribution >= 4 is 5.91 Å². The van der Waals surface area contributed by atoms with E-state index in [1.165, 1.54) is 0 Å². The van der Waals surface area contributed by atoms with E-state index in [-0.39, 0.29) is 5.91 Å². The first-order chi connectivity index (χ1) is 14.8. The number of rotatable bonds is 7. The Balaban J connectivity index is 1.62. The number of carbonyl (C=O) groups excluding carboxylic acids is 1. The van der Waals surface area contributed by atoms with Gasteiger partial charge in [0.2, 0.25) is 0 Å². The molecular weight excluding hydrogens is 374 g/mol. The highest BCUT2D eigenvalue weighted by molar-refractivity contribution is 5.96. The Morgan fingerprint density at radius 2 is 1.60 bits per heavy atom. The monoisotopic (exact) mass is 397 g/mol. The van der Waals surface area contributed by atoms with Crippen molar-refractivity contribution in [1.82, 2.24) is 15.1 Å². The van der Waals surface area contributed by atoms with Crippen molar-refractivity contribution in [3.05, 3.63) is 102 Å². The molecule has 0 spiro atoms. The van der Waals surface area contributed by atoms with Crippen molar-refractivity contribution in [3.63, 3.8) is 0 Å². The topological polar surface area (TPSA) is 56.1 Å². The average molecular weight is 397 g/mol. The summed E-state index contributed by atoms with van der Waals surface area (Å²) in [6.45, 7) is 2.77. The summed E-state index contributed by atoms with van der Waals surface area (Å²) < 4.78 is 7.43. The first-order valence-corrected chi connectivity index (χ1v) is 9.95. The fraction of sp³-hybridized carbons (Fsp3) is 0.120. The molecule has 0 aliphatic heterocycles. The molecule has 0 radical (unpaired) electrons. The Kier molecular flexibility index (Phi) is 5.90. The molecule has 0 saturated carbocycles. The number of ether oxygens (including phenoxy) is 1. The first-order valence-electron chi connectivity index (χ1n) is 9.95. The summed E-state index contributed by atoms with van der Waals surface area (Å²) in [5.41, 5.74) is 4.28. The minimum atomic E-state index is -0.175. The van der Waals surface area contributed by atoms with E-state index in [9.17, 15) is 4.79 Å². The SMILES string of the molecule is CCOc1ccccc1C(=O)NCc1cn(-c2ccccc2)nc1-c1ccccc1. The first kappa shape index (κ1) is 19.5. The molecule has 5 heteroatoms. The minimum Gasteiger partial charge on any atom is -0.493 e. The van der Waals surface area contributed by atoms with Crippen LogP contribution >= 0.6 is 0 Å². The number of benzene rings is 3. The molecule has 0 unspecified atom stereocenters. The lowest BCUT2D eigenvalue weighted by Crippen LogP contribution is -2.23. The second-order valence-electron chi connectivity index (χ2n) is 6.76. The number of aromatic nitrogens is 2. The third-order valence-electron chi connectivity index (χ3n) is 4.73. The molecule has 30 heavy (non-hydrogen) atoms. The predicted octanol–water partition coefficient (Wildman–Crippen LogP) is 4.87. The molecule has 5 nitrogen and oxygen atoms in total. The maximum absolute atomic E-state index is 12.8. The molecule has 1 N–H and O–H groups in total. The quantitative estimate of drug-likeness (QED) is 0.484. The molecule has 3 aromatic carbocycles. The lowest BCUT2D eigenvalue weighted by Gasteiger charge is -2.10. The van der Waals surface area contributed by atoms with Crippen molar-refractivity contribution in [1.29, 1.82) is 0 Å². The van der Waals surface area contributed by atoms with E-state index >= 15 is 0 Å². The fourth-order valence-corrected chi connectivity index (χ4v) is 3.30. The van der Waals surface area contributed by atoms with Crippen molar-refractivity contribution in [2.75, 3.05) is 6.61 Å². The van der Waals surface area contributed by atoms with Gasteiger partial charge < -0.3 is 10.1 Å². The molecule has 0 aliphatic carbocycles. The second kappa shape index (κ2) is 9.09. The van der Waals surface area contributed by atoms with Crippen molar-refractivity contribution in [3.8, 4) is 22.7 Å². The maximum atomic E-state index is 12.8. The second-order valence-corrected chi connectivity index (χ2v) is 6.76. The zero-order valence-electron chi connectivity index (χ0n) is 16.8. The number of amides is 1. The third-order valence-corrected chi connectivity index (χ3v) is 4.73. The van der Waals surface area contributed by atoms with E-state index in [1.54, 1.807) is 12.1 Å². The van der Waals surface area contributed by atoms with Gasteiger partial charge in [0.25, 0.3) is 5.91 Å². The molecule has 1 amide bonds. The van der Waals surface area contributed by atoms with Crippen molar-refractivity contribution in [2.24, 2.45) is 0 Å². The van der Waals surface area contributed by atoms with Gasteiger partial charge in [0.05, 0.1) is 23.6 Å². The summed E-state index contributed by atoms with van der Waals surface area (Å²) in [7, 11) is 0. The zero-order valence-corrected chi connectivity index (χ0v) is 16.8. The normalized spacial score (nSPS) is 10.6. The lowest BCUT2D eigenvalue weighted by molar-refractivity contribution is 0.0947. The molecule has 4 rings (SSSR count). The zero-order chi connectivity index (χ0) is 20.8. The van der Waals surface area contributed by atoms with Gasteiger partial charge in [-0.15, -0.1) is 0 Å². The molecule has 150 valence electrons. The van der Waals surface area contributed by atoms with Gasteiger partial charge in [-0.3, -0.25) is 4.79 Å². The number of carbonyl (C=O) groups is 1. The molecule has 0 atom stereocenters. The van der Waals surface area contributed by atoms with Crippen molar-refractivity contribution in [2.45, 2.75) is 13.5 Å². The van der Waals surface area contributed by atoms with Crippen LogP contribution in [-0.2, 0) is 6.54 Å². The number of hydrogen-bond donors (Lipinski definition) is 1. The number of nitrogens with one attached hydrogen (secondary N) is 1. The van der Waals surface area contributed by atoms with Crippen LogP contribution in [0.1, 0.15) is 22.8 Å². The Hall–Kier alpha value is -3.86. The summed E-state index contributed by atoms with van der Waals surface area (Å²) in [5.74, 6) is 0.409. The summed E-state index contributed by atoms with van der Waals surface area (Å²) in [6, 6.07) is 27.2. The number of para-hydroxylation sites is 2. The van der Waals surface area contributed by atoms with Gasteiger partial charge >= 0.3 is 0 Å². The van der Waals surface area contributed by atoms with E-state index in [2.05, 4.69) is 5.32 Å². The Morgan fingerprint density at radius 1 is 0.933 bits per heavy atom. The standard InChI is InChI=1S/C25H23N3O2/c1-2-30-23-16-10-9-15-22(23)25(29)26-17-20-18-28(21-13-7-4-8-14-21)27-24(20)19-11-5-3-6-12-19/h3-16,18H,2,17H2,1H3,(H,26,29).